The standard InChI is InChI=1S/C14H18BrNO2S/c1-18-14(17)6-7-19-13-5-2-10(8-12(13)15)9-16-11-3-4-11/h2,5,8,11,16H,3-4,6-7,9H2,1H3. The predicted octanol–water partition coefficient (Wildman–Crippen LogP) is 3.36. The summed E-state index contributed by atoms with van der Waals surface area (Å²) in [5.74, 6) is 0.583. The maximum atomic E-state index is 11.0. The molecular weight excluding hydrogens is 326 g/mol. The number of carbonyl (C=O) groups excluding carboxylic acids is 1. The second kappa shape index (κ2) is 7.31. The van der Waals surface area contributed by atoms with Crippen LogP contribution in [0.2, 0.25) is 0 Å². The topological polar surface area (TPSA) is 38.3 Å². The summed E-state index contributed by atoms with van der Waals surface area (Å²) >= 11 is 5.26. The normalized spacial score (nSPS) is 14.4. The van der Waals surface area contributed by atoms with Crippen LogP contribution < -0.4 is 5.32 Å². The summed E-state index contributed by atoms with van der Waals surface area (Å²) in [5.41, 5.74) is 1.29. The average molecular weight is 344 g/mol. The van der Waals surface area contributed by atoms with E-state index < -0.39 is 0 Å². The van der Waals surface area contributed by atoms with Gasteiger partial charge in [0.05, 0.1) is 13.5 Å². The van der Waals surface area contributed by atoms with Gasteiger partial charge in [-0.3, -0.25) is 4.79 Å². The number of thioether (sulfide) groups is 1. The van der Waals surface area contributed by atoms with Gasteiger partial charge in [0.2, 0.25) is 0 Å². The molecule has 19 heavy (non-hydrogen) atoms. The number of esters is 1. The molecule has 1 aromatic rings. The Morgan fingerprint density at radius 2 is 2.32 bits per heavy atom. The quantitative estimate of drug-likeness (QED) is 0.608. The molecule has 1 aliphatic rings. The van der Waals surface area contributed by atoms with E-state index in [1.165, 1.54) is 30.4 Å². The van der Waals surface area contributed by atoms with Gasteiger partial charge in [0.15, 0.2) is 0 Å². The van der Waals surface area contributed by atoms with Crippen LogP contribution in [0, 0.1) is 0 Å². The van der Waals surface area contributed by atoms with Crippen molar-refractivity contribution in [1.82, 2.24) is 5.32 Å². The maximum Gasteiger partial charge on any atom is 0.306 e. The first-order chi connectivity index (χ1) is 9.19. The number of halogens is 1. The van der Waals surface area contributed by atoms with E-state index in [-0.39, 0.29) is 5.97 Å². The lowest BCUT2D eigenvalue weighted by Crippen LogP contribution is -2.15. The fourth-order valence-electron chi connectivity index (χ4n) is 1.67. The van der Waals surface area contributed by atoms with Gasteiger partial charge >= 0.3 is 5.97 Å². The van der Waals surface area contributed by atoms with E-state index in [1.807, 2.05) is 0 Å². The van der Waals surface area contributed by atoms with Gasteiger partial charge in [0.1, 0.15) is 0 Å². The third kappa shape index (κ3) is 5.16. The molecule has 0 saturated heterocycles. The second-order valence-corrected chi connectivity index (χ2v) is 6.59. The van der Waals surface area contributed by atoms with Crippen molar-refractivity contribution in [3.8, 4) is 0 Å². The Morgan fingerprint density at radius 1 is 1.53 bits per heavy atom. The molecule has 1 fully saturated rings. The lowest BCUT2D eigenvalue weighted by atomic mass is 10.2. The molecule has 0 unspecified atom stereocenters. The lowest BCUT2D eigenvalue weighted by molar-refractivity contribution is -0.140. The minimum atomic E-state index is -0.158. The molecule has 1 aromatic carbocycles. The van der Waals surface area contributed by atoms with Crippen molar-refractivity contribution in [2.24, 2.45) is 0 Å². The van der Waals surface area contributed by atoms with Crippen LogP contribution in [0.15, 0.2) is 27.6 Å². The number of hydrogen-bond donors (Lipinski definition) is 1. The molecule has 0 spiro atoms. The highest BCUT2D eigenvalue weighted by Gasteiger charge is 2.19. The lowest BCUT2D eigenvalue weighted by Gasteiger charge is -2.08. The minimum absolute atomic E-state index is 0.158. The molecule has 0 aliphatic heterocycles. The zero-order valence-electron chi connectivity index (χ0n) is 10.9. The van der Waals surface area contributed by atoms with E-state index in [4.69, 9.17) is 0 Å². The zero-order chi connectivity index (χ0) is 13.7. The first kappa shape index (κ1) is 14.9. The van der Waals surface area contributed by atoms with Gasteiger partial charge < -0.3 is 10.1 Å². The third-order valence-electron chi connectivity index (χ3n) is 2.96. The molecule has 0 aromatic heterocycles. The number of ether oxygens (including phenoxy) is 1. The zero-order valence-corrected chi connectivity index (χ0v) is 13.4. The largest absolute Gasteiger partial charge is 0.469 e. The molecule has 2 rings (SSSR count). The number of hydrogen-bond acceptors (Lipinski definition) is 4. The second-order valence-electron chi connectivity index (χ2n) is 4.59. The maximum absolute atomic E-state index is 11.0. The van der Waals surface area contributed by atoms with Gasteiger partial charge in [0.25, 0.3) is 0 Å². The average Bonchev–Trinajstić information content (AvgIpc) is 3.22. The van der Waals surface area contributed by atoms with E-state index in [2.05, 4.69) is 44.2 Å². The number of nitrogens with one attached hydrogen (secondary N) is 1. The summed E-state index contributed by atoms with van der Waals surface area (Å²) in [6, 6.07) is 7.12. The van der Waals surface area contributed by atoms with Crippen LogP contribution >= 0.6 is 27.7 Å². The van der Waals surface area contributed by atoms with Crippen LogP contribution in [-0.4, -0.2) is 24.9 Å². The Hall–Kier alpha value is -0.520. The van der Waals surface area contributed by atoms with Crippen LogP contribution in [0.4, 0.5) is 0 Å². The first-order valence-corrected chi connectivity index (χ1v) is 8.18. The summed E-state index contributed by atoms with van der Waals surface area (Å²) in [5, 5.41) is 3.50. The van der Waals surface area contributed by atoms with Crippen LogP contribution in [0.25, 0.3) is 0 Å². The van der Waals surface area contributed by atoms with E-state index in [0.717, 1.165) is 22.8 Å². The molecular formula is C14H18BrNO2S. The van der Waals surface area contributed by atoms with Crippen LogP contribution in [0.1, 0.15) is 24.8 Å². The molecule has 104 valence electrons. The van der Waals surface area contributed by atoms with Gasteiger partial charge in [-0.25, -0.2) is 0 Å². The monoisotopic (exact) mass is 343 g/mol. The molecule has 1 aliphatic carbocycles. The van der Waals surface area contributed by atoms with Gasteiger partial charge in [0, 0.05) is 27.7 Å². The fraction of sp³-hybridized carbons (Fsp3) is 0.500. The molecule has 1 N–H and O–H groups in total. The summed E-state index contributed by atoms with van der Waals surface area (Å²) in [6.45, 7) is 0.927. The van der Waals surface area contributed by atoms with E-state index in [9.17, 15) is 4.79 Å². The SMILES string of the molecule is COC(=O)CCSc1ccc(CNC2CC2)cc1Br. The fourth-order valence-corrected chi connectivity index (χ4v) is 3.29. The number of benzene rings is 1. The first-order valence-electron chi connectivity index (χ1n) is 6.40. The van der Waals surface area contributed by atoms with Crippen molar-refractivity contribution in [2.45, 2.75) is 36.7 Å². The van der Waals surface area contributed by atoms with Crippen molar-refractivity contribution < 1.29 is 9.53 Å². The van der Waals surface area contributed by atoms with Gasteiger partial charge in [-0.05, 0) is 46.5 Å². The van der Waals surface area contributed by atoms with Gasteiger partial charge in [-0.1, -0.05) is 6.07 Å². The number of carbonyl (C=O) groups is 1. The van der Waals surface area contributed by atoms with Gasteiger partial charge in [-0.2, -0.15) is 0 Å². The highest BCUT2D eigenvalue weighted by molar-refractivity contribution is 9.10. The molecule has 0 bridgehead atoms. The van der Waals surface area contributed by atoms with Crippen LogP contribution in [-0.2, 0) is 16.1 Å². The predicted molar refractivity (Wildman–Crippen MR) is 81.4 cm³/mol. The van der Waals surface area contributed by atoms with Crippen molar-refractivity contribution >= 4 is 33.7 Å². The Labute approximate surface area is 126 Å². The van der Waals surface area contributed by atoms with Crippen molar-refractivity contribution in [1.29, 1.82) is 0 Å². The van der Waals surface area contributed by atoms with Crippen LogP contribution in [0.3, 0.4) is 0 Å². The summed E-state index contributed by atoms with van der Waals surface area (Å²) in [4.78, 5) is 12.2. The minimum Gasteiger partial charge on any atom is -0.469 e. The van der Waals surface area contributed by atoms with Crippen molar-refractivity contribution in [3.05, 3.63) is 28.2 Å². The molecule has 0 atom stereocenters. The number of rotatable bonds is 7. The highest BCUT2D eigenvalue weighted by Crippen LogP contribution is 2.29. The van der Waals surface area contributed by atoms with Crippen LogP contribution in [0.5, 0.6) is 0 Å². The van der Waals surface area contributed by atoms with E-state index in [0.29, 0.717) is 6.42 Å². The van der Waals surface area contributed by atoms with Crippen molar-refractivity contribution in [3.63, 3.8) is 0 Å². The highest BCUT2D eigenvalue weighted by atomic mass is 79.9. The summed E-state index contributed by atoms with van der Waals surface area (Å²) in [7, 11) is 1.42. The van der Waals surface area contributed by atoms with E-state index in [1.54, 1.807) is 11.8 Å². The Balaban J connectivity index is 1.81. The molecule has 0 radical (unpaired) electrons. The molecule has 1 saturated carbocycles. The van der Waals surface area contributed by atoms with E-state index >= 15 is 0 Å². The smallest absolute Gasteiger partial charge is 0.306 e. The Kier molecular flexibility index (Phi) is 5.73. The summed E-state index contributed by atoms with van der Waals surface area (Å²) in [6.07, 6.45) is 3.06. The Bertz CT molecular complexity index is 449. The van der Waals surface area contributed by atoms with Gasteiger partial charge in [-0.15, -0.1) is 11.8 Å². The Morgan fingerprint density at radius 3 is 2.95 bits per heavy atom. The molecule has 0 heterocycles. The molecule has 3 nitrogen and oxygen atoms in total. The van der Waals surface area contributed by atoms with Crippen molar-refractivity contribution in [2.75, 3.05) is 12.9 Å². The number of methoxy groups -OCH3 is 1. The summed E-state index contributed by atoms with van der Waals surface area (Å²) < 4.78 is 5.72. The molecule has 5 heteroatoms. The third-order valence-corrected chi connectivity index (χ3v) is 4.95. The molecule has 0 amide bonds.